The molecule has 17 heavy (non-hydrogen) atoms. The second-order valence-corrected chi connectivity index (χ2v) is 4.34. The van der Waals surface area contributed by atoms with E-state index in [1.165, 1.54) is 0 Å². The Morgan fingerprint density at radius 3 is 3.06 bits per heavy atom. The van der Waals surface area contributed by atoms with Gasteiger partial charge in [0.05, 0.1) is 6.20 Å². The zero-order chi connectivity index (χ0) is 12.3. The molecule has 90 valence electrons. The summed E-state index contributed by atoms with van der Waals surface area (Å²) in [6, 6.07) is 5.18. The van der Waals surface area contributed by atoms with Gasteiger partial charge in [-0.05, 0) is 25.1 Å². The van der Waals surface area contributed by atoms with E-state index in [4.69, 9.17) is 11.6 Å². The minimum Gasteiger partial charge on any atom is -0.508 e. The number of phenolic OH excluding ortho intramolecular Hbond substituents is 1. The second kappa shape index (κ2) is 5.21. The number of halogens is 1. The minimum atomic E-state index is 0.159. The van der Waals surface area contributed by atoms with Gasteiger partial charge in [0.2, 0.25) is 0 Å². The Hall–Kier alpha value is -1.52. The molecule has 0 fully saturated rings. The predicted molar refractivity (Wildman–Crippen MR) is 67.0 cm³/mol. The van der Waals surface area contributed by atoms with E-state index in [0.29, 0.717) is 11.6 Å². The Kier molecular flexibility index (Phi) is 3.66. The van der Waals surface area contributed by atoms with Crippen molar-refractivity contribution in [1.29, 1.82) is 0 Å². The first-order valence-electron chi connectivity index (χ1n) is 5.36. The molecule has 0 saturated carbocycles. The first-order valence-corrected chi connectivity index (χ1v) is 5.74. The molecule has 0 aliphatic heterocycles. The summed E-state index contributed by atoms with van der Waals surface area (Å²) in [5.74, 6) is 0.251. The van der Waals surface area contributed by atoms with Crippen LogP contribution in [0.4, 0.5) is 0 Å². The van der Waals surface area contributed by atoms with Gasteiger partial charge in [0.25, 0.3) is 0 Å². The Balaban J connectivity index is 2.00. The van der Waals surface area contributed by atoms with Crippen LogP contribution in [0, 0.1) is 0 Å². The lowest BCUT2D eigenvalue weighted by Crippen LogP contribution is -2.17. The summed E-state index contributed by atoms with van der Waals surface area (Å²) in [6.07, 6.45) is 3.62. The Morgan fingerprint density at radius 2 is 2.35 bits per heavy atom. The van der Waals surface area contributed by atoms with E-state index in [1.54, 1.807) is 24.4 Å². The van der Waals surface area contributed by atoms with Gasteiger partial charge in [-0.25, -0.2) is 0 Å². The number of aromatic hydroxyl groups is 1. The van der Waals surface area contributed by atoms with Crippen molar-refractivity contribution in [3.8, 4) is 5.75 Å². The molecule has 1 unspecified atom stereocenters. The number of H-pyrrole nitrogens is 1. The summed E-state index contributed by atoms with van der Waals surface area (Å²) in [6.45, 7) is 2.59. The fourth-order valence-corrected chi connectivity index (χ4v) is 1.77. The number of benzene rings is 1. The highest BCUT2D eigenvalue weighted by Crippen LogP contribution is 2.22. The van der Waals surface area contributed by atoms with Gasteiger partial charge in [-0.2, -0.15) is 5.10 Å². The molecule has 0 radical (unpaired) electrons. The quantitative estimate of drug-likeness (QED) is 0.783. The number of hydrogen-bond donors (Lipinski definition) is 3. The number of aromatic amines is 1. The highest BCUT2D eigenvalue weighted by Gasteiger charge is 2.07. The van der Waals surface area contributed by atoms with Crippen LogP contribution < -0.4 is 5.32 Å². The highest BCUT2D eigenvalue weighted by atomic mass is 35.5. The lowest BCUT2D eigenvalue weighted by Gasteiger charge is -2.12. The van der Waals surface area contributed by atoms with Gasteiger partial charge in [-0.1, -0.05) is 11.6 Å². The molecule has 1 aromatic heterocycles. The monoisotopic (exact) mass is 251 g/mol. The molecule has 1 aromatic carbocycles. The maximum atomic E-state index is 9.66. The molecular weight excluding hydrogens is 238 g/mol. The smallest absolute Gasteiger partial charge is 0.120 e. The third-order valence-corrected chi connectivity index (χ3v) is 2.89. The minimum absolute atomic E-state index is 0.159. The normalized spacial score (nSPS) is 12.6. The maximum Gasteiger partial charge on any atom is 0.120 e. The Bertz CT molecular complexity index is 485. The van der Waals surface area contributed by atoms with E-state index >= 15 is 0 Å². The van der Waals surface area contributed by atoms with Crippen molar-refractivity contribution in [2.24, 2.45) is 0 Å². The molecule has 0 spiro atoms. The van der Waals surface area contributed by atoms with E-state index < -0.39 is 0 Å². The van der Waals surface area contributed by atoms with Gasteiger partial charge in [0.1, 0.15) is 5.75 Å². The first-order chi connectivity index (χ1) is 8.16. The summed E-state index contributed by atoms with van der Waals surface area (Å²) in [5, 5.41) is 20.2. The highest BCUT2D eigenvalue weighted by molar-refractivity contribution is 6.30. The number of nitrogens with zero attached hydrogens (tertiary/aromatic N) is 1. The topological polar surface area (TPSA) is 60.9 Å². The molecule has 1 heterocycles. The number of hydrogen-bond acceptors (Lipinski definition) is 3. The number of aromatic nitrogens is 2. The predicted octanol–water partition coefficient (Wildman–Crippen LogP) is 2.62. The second-order valence-electron chi connectivity index (χ2n) is 3.91. The SMILES string of the molecule is CC(NCc1cc(Cl)ccc1O)c1cn[nH]c1. The van der Waals surface area contributed by atoms with Crippen LogP contribution in [-0.2, 0) is 6.54 Å². The zero-order valence-electron chi connectivity index (χ0n) is 9.44. The van der Waals surface area contributed by atoms with Crippen LogP contribution in [0.25, 0.3) is 0 Å². The number of rotatable bonds is 4. The van der Waals surface area contributed by atoms with Crippen LogP contribution >= 0.6 is 11.6 Å². The Morgan fingerprint density at radius 1 is 1.53 bits per heavy atom. The molecule has 0 saturated heterocycles. The van der Waals surface area contributed by atoms with Gasteiger partial charge >= 0.3 is 0 Å². The van der Waals surface area contributed by atoms with E-state index in [-0.39, 0.29) is 11.8 Å². The Labute approximate surface area is 105 Å². The van der Waals surface area contributed by atoms with Crippen LogP contribution in [0.5, 0.6) is 5.75 Å². The molecule has 0 aliphatic rings. The summed E-state index contributed by atoms with van der Waals surface area (Å²) in [4.78, 5) is 0. The van der Waals surface area contributed by atoms with Gasteiger partial charge in [0.15, 0.2) is 0 Å². The molecule has 2 aromatic rings. The van der Waals surface area contributed by atoms with Crippen LogP contribution in [0.15, 0.2) is 30.6 Å². The van der Waals surface area contributed by atoms with Crippen molar-refractivity contribution in [1.82, 2.24) is 15.5 Å². The number of phenols is 1. The molecule has 0 aliphatic carbocycles. The van der Waals surface area contributed by atoms with Gasteiger partial charge in [-0.3, -0.25) is 5.10 Å². The van der Waals surface area contributed by atoms with E-state index in [1.807, 2.05) is 13.1 Å². The van der Waals surface area contributed by atoms with E-state index in [0.717, 1.165) is 11.1 Å². The van der Waals surface area contributed by atoms with Gasteiger partial charge < -0.3 is 10.4 Å². The zero-order valence-corrected chi connectivity index (χ0v) is 10.2. The summed E-state index contributed by atoms with van der Waals surface area (Å²) in [5.41, 5.74) is 1.86. The summed E-state index contributed by atoms with van der Waals surface area (Å²) >= 11 is 5.88. The fraction of sp³-hybridized carbons (Fsp3) is 0.250. The molecule has 2 rings (SSSR count). The van der Waals surface area contributed by atoms with Crippen molar-refractivity contribution in [3.05, 3.63) is 46.7 Å². The van der Waals surface area contributed by atoms with Crippen molar-refractivity contribution >= 4 is 11.6 Å². The molecule has 0 bridgehead atoms. The molecule has 5 heteroatoms. The molecular formula is C12H14ClN3O. The molecule has 1 atom stereocenters. The molecule has 4 nitrogen and oxygen atoms in total. The molecule has 3 N–H and O–H groups in total. The fourth-order valence-electron chi connectivity index (χ4n) is 1.57. The lowest BCUT2D eigenvalue weighted by molar-refractivity contribution is 0.460. The first kappa shape index (κ1) is 12.0. The van der Waals surface area contributed by atoms with Crippen molar-refractivity contribution in [2.75, 3.05) is 0 Å². The maximum absolute atomic E-state index is 9.66. The van der Waals surface area contributed by atoms with Crippen molar-refractivity contribution < 1.29 is 5.11 Å². The van der Waals surface area contributed by atoms with Crippen LogP contribution in [-0.4, -0.2) is 15.3 Å². The third-order valence-electron chi connectivity index (χ3n) is 2.66. The standard InChI is InChI=1S/C12H14ClN3O/c1-8(10-6-15-16-7-10)14-5-9-4-11(13)2-3-12(9)17/h2-4,6-8,14,17H,5H2,1H3,(H,15,16). The van der Waals surface area contributed by atoms with Crippen LogP contribution in [0.3, 0.4) is 0 Å². The number of nitrogens with one attached hydrogen (secondary N) is 2. The summed E-state index contributed by atoms with van der Waals surface area (Å²) < 4.78 is 0. The van der Waals surface area contributed by atoms with Crippen LogP contribution in [0.2, 0.25) is 5.02 Å². The lowest BCUT2D eigenvalue weighted by atomic mass is 10.1. The largest absolute Gasteiger partial charge is 0.508 e. The molecule has 0 amide bonds. The third kappa shape index (κ3) is 2.99. The summed E-state index contributed by atoms with van der Waals surface area (Å²) in [7, 11) is 0. The average Bonchev–Trinajstić information content (AvgIpc) is 2.83. The van der Waals surface area contributed by atoms with Gasteiger partial charge in [-0.15, -0.1) is 0 Å². The average molecular weight is 252 g/mol. The van der Waals surface area contributed by atoms with Crippen molar-refractivity contribution in [3.63, 3.8) is 0 Å². The van der Waals surface area contributed by atoms with E-state index in [2.05, 4.69) is 15.5 Å². The van der Waals surface area contributed by atoms with Crippen molar-refractivity contribution in [2.45, 2.75) is 19.5 Å². The van der Waals surface area contributed by atoms with Crippen LogP contribution in [0.1, 0.15) is 24.1 Å². The van der Waals surface area contributed by atoms with E-state index in [9.17, 15) is 5.11 Å². The van der Waals surface area contributed by atoms with Gasteiger partial charge in [0, 0.05) is 34.9 Å².